The highest BCUT2D eigenvalue weighted by molar-refractivity contribution is 6.01. The van der Waals surface area contributed by atoms with Gasteiger partial charge in [-0.25, -0.2) is 4.98 Å². The summed E-state index contributed by atoms with van der Waals surface area (Å²) in [5.74, 6) is 4.47. The molecule has 5 rings (SSSR count). The lowest BCUT2D eigenvalue weighted by atomic mass is 10.1. The second-order valence-corrected chi connectivity index (χ2v) is 7.53. The van der Waals surface area contributed by atoms with Crippen molar-refractivity contribution in [2.75, 3.05) is 22.9 Å². The zero-order chi connectivity index (χ0) is 17.8. The Labute approximate surface area is 153 Å². The van der Waals surface area contributed by atoms with Crippen molar-refractivity contribution in [3.8, 4) is 5.69 Å². The molecule has 1 fully saturated rings. The van der Waals surface area contributed by atoms with Gasteiger partial charge in [-0.2, -0.15) is 4.98 Å². The van der Waals surface area contributed by atoms with Crippen molar-refractivity contribution in [3.05, 3.63) is 18.3 Å². The molecule has 1 unspecified atom stereocenters. The van der Waals surface area contributed by atoms with Gasteiger partial charge in [0.2, 0.25) is 5.95 Å². The molecule has 0 amide bonds. The van der Waals surface area contributed by atoms with E-state index >= 15 is 0 Å². The van der Waals surface area contributed by atoms with Gasteiger partial charge in [0, 0.05) is 18.5 Å². The molecule has 0 N–H and O–H groups in total. The molecule has 2 aliphatic heterocycles. The fourth-order valence-corrected chi connectivity index (χ4v) is 4.12. The molecule has 8 nitrogen and oxygen atoms in total. The quantitative estimate of drug-likeness (QED) is 0.841. The van der Waals surface area contributed by atoms with E-state index in [9.17, 15) is 0 Å². The fraction of sp³-hybridized carbons (Fsp3) is 0.611. The van der Waals surface area contributed by atoms with Gasteiger partial charge in [0.15, 0.2) is 11.6 Å². The second kappa shape index (κ2) is 5.75. The average molecular weight is 352 g/mol. The molecule has 0 aromatic carbocycles. The number of nitrogens with zero attached hydrogens (tertiary/aromatic N) is 8. The molecular weight excluding hydrogens is 328 g/mol. The highest BCUT2D eigenvalue weighted by atomic mass is 15.4. The van der Waals surface area contributed by atoms with Crippen molar-refractivity contribution < 1.29 is 0 Å². The third kappa shape index (κ3) is 2.24. The molecule has 1 atom stereocenters. The first-order valence-electron chi connectivity index (χ1n) is 9.56. The number of hydrogen-bond acceptors (Lipinski definition) is 7. The molecule has 3 aliphatic rings. The monoisotopic (exact) mass is 352 g/mol. The Kier molecular flexibility index (Phi) is 3.48. The summed E-state index contributed by atoms with van der Waals surface area (Å²) in [5, 5.41) is 8.51. The molecular formula is C18H24N8. The summed E-state index contributed by atoms with van der Waals surface area (Å²) in [5.41, 5.74) is 0.955. The largest absolute Gasteiger partial charge is 0.342 e. The standard InChI is InChI=1S/C18H24N8/c1-4-13-17-23-21-10-25(17)14-9-20-18(22-16(14)26(13)11(2)3)24-8-7-19-15(24)12-5-6-12/h9-13H,4-8H2,1-3H3. The number of aliphatic imine (C=N–C) groups is 1. The smallest absolute Gasteiger partial charge is 0.232 e. The predicted molar refractivity (Wildman–Crippen MR) is 100.0 cm³/mol. The van der Waals surface area contributed by atoms with Crippen LogP contribution in [0.15, 0.2) is 17.5 Å². The van der Waals surface area contributed by atoms with Gasteiger partial charge in [-0.3, -0.25) is 14.5 Å². The minimum Gasteiger partial charge on any atom is -0.342 e. The fourth-order valence-electron chi connectivity index (χ4n) is 4.12. The van der Waals surface area contributed by atoms with Gasteiger partial charge >= 0.3 is 0 Å². The predicted octanol–water partition coefficient (Wildman–Crippen LogP) is 2.37. The summed E-state index contributed by atoms with van der Waals surface area (Å²) in [6, 6.07) is 0.477. The van der Waals surface area contributed by atoms with Crippen LogP contribution < -0.4 is 9.80 Å². The third-order valence-electron chi connectivity index (χ3n) is 5.45. The van der Waals surface area contributed by atoms with Crippen LogP contribution in [0.2, 0.25) is 0 Å². The van der Waals surface area contributed by atoms with Crippen LogP contribution in [0.5, 0.6) is 0 Å². The van der Waals surface area contributed by atoms with E-state index in [2.05, 4.69) is 45.8 Å². The Hall–Kier alpha value is -2.51. The Morgan fingerprint density at radius 1 is 1.27 bits per heavy atom. The Morgan fingerprint density at radius 2 is 2.12 bits per heavy atom. The molecule has 1 saturated carbocycles. The van der Waals surface area contributed by atoms with Crippen molar-refractivity contribution in [2.45, 2.75) is 52.1 Å². The van der Waals surface area contributed by atoms with E-state index < -0.39 is 0 Å². The maximum atomic E-state index is 5.02. The summed E-state index contributed by atoms with van der Waals surface area (Å²) in [7, 11) is 0. The topological polar surface area (TPSA) is 75.3 Å². The van der Waals surface area contributed by atoms with Crippen LogP contribution in [-0.4, -0.2) is 49.7 Å². The highest BCUT2D eigenvalue weighted by Gasteiger charge is 2.38. The summed E-state index contributed by atoms with van der Waals surface area (Å²) in [6.45, 7) is 8.31. The van der Waals surface area contributed by atoms with E-state index in [1.165, 1.54) is 18.7 Å². The maximum absolute atomic E-state index is 5.02. The lowest BCUT2D eigenvalue weighted by Gasteiger charge is -2.39. The molecule has 0 bridgehead atoms. The molecule has 0 radical (unpaired) electrons. The number of fused-ring (bicyclic) bond motifs is 3. The van der Waals surface area contributed by atoms with Crippen molar-refractivity contribution in [2.24, 2.45) is 10.9 Å². The zero-order valence-corrected chi connectivity index (χ0v) is 15.5. The first-order valence-corrected chi connectivity index (χ1v) is 9.56. The number of rotatable bonds is 4. The number of amidine groups is 1. The molecule has 1 aliphatic carbocycles. The van der Waals surface area contributed by atoms with Crippen LogP contribution in [0.3, 0.4) is 0 Å². The second-order valence-electron chi connectivity index (χ2n) is 7.53. The van der Waals surface area contributed by atoms with E-state index in [0.717, 1.165) is 42.8 Å². The third-order valence-corrected chi connectivity index (χ3v) is 5.45. The van der Waals surface area contributed by atoms with Crippen molar-refractivity contribution in [3.63, 3.8) is 0 Å². The van der Waals surface area contributed by atoms with Gasteiger partial charge < -0.3 is 4.90 Å². The first-order chi connectivity index (χ1) is 12.7. The summed E-state index contributed by atoms with van der Waals surface area (Å²) in [4.78, 5) is 19.0. The number of hydrogen-bond donors (Lipinski definition) is 0. The molecule has 8 heteroatoms. The normalized spacial score (nSPS) is 21.8. The van der Waals surface area contributed by atoms with E-state index in [-0.39, 0.29) is 6.04 Å². The maximum Gasteiger partial charge on any atom is 0.232 e. The van der Waals surface area contributed by atoms with Gasteiger partial charge in [0.05, 0.1) is 18.8 Å². The zero-order valence-electron chi connectivity index (χ0n) is 15.5. The molecule has 2 aromatic heterocycles. The van der Waals surface area contributed by atoms with Crippen molar-refractivity contribution >= 4 is 17.6 Å². The molecule has 0 spiro atoms. The molecule has 4 heterocycles. The number of aromatic nitrogens is 5. The number of anilines is 2. The molecule has 26 heavy (non-hydrogen) atoms. The Balaban J connectivity index is 1.62. The van der Waals surface area contributed by atoms with Gasteiger partial charge in [-0.05, 0) is 33.1 Å². The lowest BCUT2D eigenvalue weighted by Crippen LogP contribution is -2.41. The van der Waals surface area contributed by atoms with Gasteiger partial charge in [-0.1, -0.05) is 6.92 Å². The van der Waals surface area contributed by atoms with Gasteiger partial charge in [0.25, 0.3) is 0 Å². The lowest BCUT2D eigenvalue weighted by molar-refractivity contribution is 0.497. The average Bonchev–Trinajstić information content (AvgIpc) is 3.17. The van der Waals surface area contributed by atoms with Crippen LogP contribution in [0.1, 0.15) is 51.9 Å². The van der Waals surface area contributed by atoms with E-state index in [1.807, 2.05) is 10.8 Å². The molecule has 0 saturated heterocycles. The van der Waals surface area contributed by atoms with E-state index in [1.54, 1.807) is 6.33 Å². The Bertz CT molecular complexity index is 866. The summed E-state index contributed by atoms with van der Waals surface area (Å²) in [6.07, 6.45) is 7.11. The summed E-state index contributed by atoms with van der Waals surface area (Å²) < 4.78 is 2.03. The van der Waals surface area contributed by atoms with Gasteiger partial charge in [0.1, 0.15) is 17.9 Å². The molecule has 2 aromatic rings. The SMILES string of the molecule is CCC1c2nncn2-c2cnc(N3CCN=C3C3CC3)nc2N1C(C)C. The van der Waals surface area contributed by atoms with E-state index in [4.69, 9.17) is 9.98 Å². The highest BCUT2D eigenvalue weighted by Crippen LogP contribution is 2.40. The van der Waals surface area contributed by atoms with Crippen molar-refractivity contribution in [1.29, 1.82) is 0 Å². The minimum absolute atomic E-state index is 0.169. The van der Waals surface area contributed by atoms with Gasteiger partial charge in [-0.15, -0.1) is 10.2 Å². The minimum atomic E-state index is 0.169. The Morgan fingerprint density at radius 3 is 2.85 bits per heavy atom. The first kappa shape index (κ1) is 15.7. The van der Waals surface area contributed by atoms with Crippen molar-refractivity contribution in [1.82, 2.24) is 24.7 Å². The van der Waals surface area contributed by atoms with Crippen LogP contribution >= 0.6 is 0 Å². The molecule has 136 valence electrons. The van der Waals surface area contributed by atoms with Crippen LogP contribution in [-0.2, 0) is 0 Å². The van der Waals surface area contributed by atoms with E-state index in [0.29, 0.717) is 12.0 Å². The van der Waals surface area contributed by atoms with Crippen LogP contribution in [0, 0.1) is 5.92 Å². The summed E-state index contributed by atoms with van der Waals surface area (Å²) >= 11 is 0. The van der Waals surface area contributed by atoms with Crippen LogP contribution in [0.25, 0.3) is 5.69 Å². The van der Waals surface area contributed by atoms with Crippen LogP contribution in [0.4, 0.5) is 11.8 Å².